The molecule has 1 rings (SSSR count). The first-order chi connectivity index (χ1) is 7.17. The molecule has 0 aliphatic rings. The molecule has 1 aromatic carbocycles. The van der Waals surface area contributed by atoms with Crippen molar-refractivity contribution in [3.8, 4) is 5.75 Å². The second-order valence-corrected chi connectivity index (χ2v) is 3.69. The van der Waals surface area contributed by atoms with Crippen LogP contribution in [0.1, 0.15) is 0 Å². The van der Waals surface area contributed by atoms with Gasteiger partial charge in [-0.25, -0.2) is 4.39 Å². The zero-order valence-corrected chi connectivity index (χ0v) is 9.36. The van der Waals surface area contributed by atoms with Crippen molar-refractivity contribution in [2.75, 3.05) is 24.4 Å². The number of benzene rings is 1. The van der Waals surface area contributed by atoms with E-state index in [1.54, 1.807) is 0 Å². The van der Waals surface area contributed by atoms with E-state index in [0.717, 1.165) is 0 Å². The Morgan fingerprint density at radius 2 is 2.33 bits per heavy atom. The molecule has 0 saturated heterocycles. The Kier molecular flexibility index (Phi) is 4.42. The molecular weight excluding hydrogens is 217 g/mol. The number of ether oxygens (including phenoxy) is 1. The Morgan fingerprint density at radius 3 is 2.93 bits per heavy atom. The summed E-state index contributed by atoms with van der Waals surface area (Å²) in [5.41, 5.74) is 0.484. The van der Waals surface area contributed by atoms with E-state index >= 15 is 0 Å². The van der Waals surface area contributed by atoms with E-state index < -0.39 is 5.82 Å². The van der Waals surface area contributed by atoms with Crippen LogP contribution in [0.4, 0.5) is 10.1 Å². The maximum absolute atomic E-state index is 12.8. The fraction of sp³-hybridized carbons (Fsp3) is 0.300. The summed E-state index contributed by atoms with van der Waals surface area (Å²) in [5.74, 6) is 0.159. The molecule has 0 fully saturated rings. The number of thioether (sulfide) groups is 1. The molecule has 0 aromatic heterocycles. The fourth-order valence-electron chi connectivity index (χ4n) is 1.09. The molecule has 3 nitrogen and oxygen atoms in total. The van der Waals surface area contributed by atoms with Gasteiger partial charge in [-0.1, -0.05) is 0 Å². The Labute approximate surface area is 92.0 Å². The molecule has 0 spiro atoms. The van der Waals surface area contributed by atoms with Gasteiger partial charge in [0.25, 0.3) is 0 Å². The van der Waals surface area contributed by atoms with Crippen molar-refractivity contribution in [3.05, 3.63) is 24.0 Å². The third-order valence-corrected chi connectivity index (χ3v) is 2.26. The van der Waals surface area contributed by atoms with Gasteiger partial charge < -0.3 is 10.1 Å². The van der Waals surface area contributed by atoms with Crippen molar-refractivity contribution in [2.45, 2.75) is 0 Å². The van der Waals surface area contributed by atoms with Crippen LogP contribution in [0.2, 0.25) is 0 Å². The van der Waals surface area contributed by atoms with E-state index in [0.29, 0.717) is 17.2 Å². The minimum Gasteiger partial charge on any atom is -0.494 e. The minimum atomic E-state index is -0.394. The van der Waals surface area contributed by atoms with Gasteiger partial charge in [-0.3, -0.25) is 4.79 Å². The first kappa shape index (κ1) is 11.8. The van der Waals surface area contributed by atoms with E-state index in [2.05, 4.69) is 5.32 Å². The molecule has 0 aliphatic heterocycles. The van der Waals surface area contributed by atoms with E-state index in [4.69, 9.17) is 4.74 Å². The summed E-state index contributed by atoms with van der Waals surface area (Å²) in [5, 5.41) is 2.64. The van der Waals surface area contributed by atoms with E-state index in [-0.39, 0.29) is 5.91 Å². The van der Waals surface area contributed by atoms with Crippen molar-refractivity contribution in [1.82, 2.24) is 0 Å². The first-order valence-electron chi connectivity index (χ1n) is 4.29. The highest BCUT2D eigenvalue weighted by molar-refractivity contribution is 7.99. The smallest absolute Gasteiger partial charge is 0.234 e. The molecule has 0 unspecified atom stereocenters. The monoisotopic (exact) mass is 229 g/mol. The third kappa shape index (κ3) is 3.43. The van der Waals surface area contributed by atoms with Crippen molar-refractivity contribution in [2.24, 2.45) is 0 Å². The lowest BCUT2D eigenvalue weighted by molar-refractivity contribution is -0.113. The van der Waals surface area contributed by atoms with Crippen LogP contribution < -0.4 is 10.1 Å². The number of halogens is 1. The average molecular weight is 229 g/mol. The summed E-state index contributed by atoms with van der Waals surface area (Å²) < 4.78 is 17.8. The van der Waals surface area contributed by atoms with Crippen LogP contribution in [0.3, 0.4) is 0 Å². The average Bonchev–Trinajstić information content (AvgIpc) is 2.21. The number of carbonyl (C=O) groups is 1. The van der Waals surface area contributed by atoms with Gasteiger partial charge in [0, 0.05) is 6.07 Å². The molecular formula is C10H12FNO2S. The van der Waals surface area contributed by atoms with Crippen molar-refractivity contribution < 1.29 is 13.9 Å². The SMILES string of the molecule is COc1cc(F)ccc1NC(=O)CSC. The normalized spacial score (nSPS) is 9.80. The standard InChI is InChI=1S/C10H12FNO2S/c1-14-9-5-7(11)3-4-8(9)12-10(13)6-15-2/h3-5H,6H2,1-2H3,(H,12,13). The summed E-state index contributed by atoms with van der Waals surface area (Å²) in [6.45, 7) is 0. The number of hydrogen-bond donors (Lipinski definition) is 1. The van der Waals surface area contributed by atoms with Gasteiger partial charge in [0.2, 0.25) is 5.91 Å². The third-order valence-electron chi connectivity index (χ3n) is 1.71. The maximum atomic E-state index is 12.8. The molecule has 82 valence electrons. The Balaban J connectivity index is 2.80. The summed E-state index contributed by atoms with van der Waals surface area (Å²) >= 11 is 1.42. The predicted octanol–water partition coefficient (Wildman–Crippen LogP) is 2.14. The fourth-order valence-corrected chi connectivity index (χ4v) is 1.42. The highest BCUT2D eigenvalue weighted by Gasteiger charge is 2.07. The number of nitrogens with one attached hydrogen (secondary N) is 1. The Morgan fingerprint density at radius 1 is 1.60 bits per heavy atom. The maximum Gasteiger partial charge on any atom is 0.234 e. The predicted molar refractivity (Wildman–Crippen MR) is 60.0 cm³/mol. The molecule has 0 saturated carbocycles. The molecule has 0 radical (unpaired) electrons. The van der Waals surface area contributed by atoms with Crippen molar-refractivity contribution in [3.63, 3.8) is 0 Å². The van der Waals surface area contributed by atoms with Crippen molar-refractivity contribution >= 4 is 23.4 Å². The number of hydrogen-bond acceptors (Lipinski definition) is 3. The number of methoxy groups -OCH3 is 1. The molecule has 15 heavy (non-hydrogen) atoms. The molecule has 0 heterocycles. The lowest BCUT2D eigenvalue weighted by Crippen LogP contribution is -2.14. The van der Waals surface area contributed by atoms with Crippen LogP contribution in [0.5, 0.6) is 5.75 Å². The quantitative estimate of drug-likeness (QED) is 0.859. The zero-order chi connectivity index (χ0) is 11.3. The van der Waals surface area contributed by atoms with Gasteiger partial charge in [0.1, 0.15) is 11.6 Å². The second-order valence-electron chi connectivity index (χ2n) is 2.83. The highest BCUT2D eigenvalue weighted by atomic mass is 32.2. The van der Waals surface area contributed by atoms with E-state index in [1.165, 1.54) is 37.1 Å². The van der Waals surface area contributed by atoms with Gasteiger partial charge in [-0.15, -0.1) is 0 Å². The summed E-state index contributed by atoms with van der Waals surface area (Å²) in [6.07, 6.45) is 1.83. The van der Waals surface area contributed by atoms with E-state index in [9.17, 15) is 9.18 Å². The number of rotatable bonds is 4. The van der Waals surface area contributed by atoms with Gasteiger partial charge >= 0.3 is 0 Å². The molecule has 1 aromatic rings. The van der Waals surface area contributed by atoms with Crippen LogP contribution in [0.15, 0.2) is 18.2 Å². The van der Waals surface area contributed by atoms with Gasteiger partial charge in [-0.2, -0.15) is 11.8 Å². The topological polar surface area (TPSA) is 38.3 Å². The first-order valence-corrected chi connectivity index (χ1v) is 5.69. The Bertz CT molecular complexity index is 357. The van der Waals surface area contributed by atoms with Gasteiger partial charge in [-0.05, 0) is 18.4 Å². The minimum absolute atomic E-state index is 0.132. The number of amides is 1. The molecule has 0 bridgehead atoms. The highest BCUT2D eigenvalue weighted by Crippen LogP contribution is 2.24. The molecule has 1 amide bonds. The number of carbonyl (C=O) groups excluding carboxylic acids is 1. The Hall–Kier alpha value is -1.23. The summed E-state index contributed by atoms with van der Waals surface area (Å²) in [6, 6.07) is 3.98. The molecule has 5 heteroatoms. The van der Waals surface area contributed by atoms with Gasteiger partial charge in [0.15, 0.2) is 0 Å². The molecule has 0 aliphatic carbocycles. The number of anilines is 1. The largest absolute Gasteiger partial charge is 0.494 e. The van der Waals surface area contributed by atoms with Crippen LogP contribution in [-0.2, 0) is 4.79 Å². The molecule has 0 atom stereocenters. The lowest BCUT2D eigenvalue weighted by atomic mass is 10.3. The van der Waals surface area contributed by atoms with Crippen molar-refractivity contribution in [1.29, 1.82) is 0 Å². The molecule has 1 N–H and O–H groups in total. The van der Waals surface area contributed by atoms with Crippen LogP contribution in [0, 0.1) is 5.82 Å². The van der Waals surface area contributed by atoms with Gasteiger partial charge in [0.05, 0.1) is 18.6 Å². The van der Waals surface area contributed by atoms with E-state index in [1.807, 2.05) is 6.26 Å². The van der Waals surface area contributed by atoms with Crippen LogP contribution in [0.25, 0.3) is 0 Å². The summed E-state index contributed by atoms with van der Waals surface area (Å²) in [4.78, 5) is 11.3. The van der Waals surface area contributed by atoms with Crippen LogP contribution >= 0.6 is 11.8 Å². The summed E-state index contributed by atoms with van der Waals surface area (Å²) in [7, 11) is 1.43. The van der Waals surface area contributed by atoms with Crippen LogP contribution in [-0.4, -0.2) is 25.0 Å². The zero-order valence-electron chi connectivity index (χ0n) is 8.54. The lowest BCUT2D eigenvalue weighted by Gasteiger charge is -2.09. The second kappa shape index (κ2) is 5.60.